The van der Waals surface area contributed by atoms with Crippen LogP contribution in [0, 0.1) is 21.4 Å². The maximum Gasteiger partial charge on any atom is 0.230 e. The molecule has 12 heavy (non-hydrogen) atoms. The Kier molecular flexibility index (Phi) is 2.38. The molecule has 0 fully saturated rings. The van der Waals surface area contributed by atoms with E-state index in [2.05, 4.69) is 0 Å². The molecule has 4 heteroatoms. The van der Waals surface area contributed by atoms with Crippen LogP contribution in [0.2, 0.25) is 0 Å². The van der Waals surface area contributed by atoms with Gasteiger partial charge in [-0.15, -0.1) is 0 Å². The van der Waals surface area contributed by atoms with Gasteiger partial charge in [-0.3, -0.25) is 10.1 Å². The molecule has 0 aliphatic heterocycles. The zero-order chi connectivity index (χ0) is 8.97. The van der Waals surface area contributed by atoms with E-state index in [9.17, 15) is 10.1 Å². The standard InChI is InChI=1S/C8H6N2O2/c9-5-7-3-1-2-4-8(7)6-10(11)12/h1-4H,6H2. The minimum absolute atomic E-state index is 0.288. The highest BCUT2D eigenvalue weighted by Crippen LogP contribution is 2.07. The molecule has 1 aromatic rings. The number of nitrogens with zero attached hydrogens (tertiary/aromatic N) is 2. The summed E-state index contributed by atoms with van der Waals surface area (Å²) in [5.74, 6) is 0. The average Bonchev–Trinajstić information content (AvgIpc) is 2.04. The van der Waals surface area contributed by atoms with Crippen molar-refractivity contribution in [1.82, 2.24) is 0 Å². The van der Waals surface area contributed by atoms with E-state index in [1.165, 1.54) is 0 Å². The summed E-state index contributed by atoms with van der Waals surface area (Å²) in [6.45, 7) is -0.288. The highest BCUT2D eigenvalue weighted by atomic mass is 16.6. The Morgan fingerprint density at radius 2 is 2.17 bits per heavy atom. The lowest BCUT2D eigenvalue weighted by Gasteiger charge is -1.95. The minimum Gasteiger partial charge on any atom is -0.264 e. The summed E-state index contributed by atoms with van der Waals surface area (Å²) in [6.07, 6.45) is 0. The number of rotatable bonds is 2. The molecular weight excluding hydrogens is 156 g/mol. The lowest BCUT2D eigenvalue weighted by atomic mass is 10.1. The quantitative estimate of drug-likeness (QED) is 0.486. The third kappa shape index (κ3) is 1.80. The van der Waals surface area contributed by atoms with Gasteiger partial charge in [0, 0.05) is 10.5 Å². The first-order valence-corrected chi connectivity index (χ1v) is 3.34. The van der Waals surface area contributed by atoms with Gasteiger partial charge in [-0.2, -0.15) is 5.26 Å². The molecule has 0 atom stereocenters. The molecule has 0 unspecified atom stereocenters. The Hall–Kier alpha value is -1.89. The third-order valence-electron chi connectivity index (χ3n) is 1.44. The van der Waals surface area contributed by atoms with Crippen molar-refractivity contribution in [2.45, 2.75) is 6.54 Å². The van der Waals surface area contributed by atoms with Crippen LogP contribution in [-0.4, -0.2) is 4.92 Å². The van der Waals surface area contributed by atoms with E-state index in [4.69, 9.17) is 5.26 Å². The van der Waals surface area contributed by atoms with Crippen LogP contribution in [0.1, 0.15) is 11.1 Å². The normalized spacial score (nSPS) is 8.92. The smallest absolute Gasteiger partial charge is 0.230 e. The first-order chi connectivity index (χ1) is 5.74. The fraction of sp³-hybridized carbons (Fsp3) is 0.125. The molecule has 0 aromatic heterocycles. The van der Waals surface area contributed by atoms with Gasteiger partial charge in [0.1, 0.15) is 0 Å². The van der Waals surface area contributed by atoms with Crippen LogP contribution in [0.5, 0.6) is 0 Å². The molecule has 0 saturated heterocycles. The monoisotopic (exact) mass is 162 g/mol. The third-order valence-corrected chi connectivity index (χ3v) is 1.44. The Labute approximate surface area is 69.2 Å². The zero-order valence-corrected chi connectivity index (χ0v) is 6.23. The number of hydrogen-bond donors (Lipinski definition) is 0. The Morgan fingerprint density at radius 3 is 2.75 bits per heavy atom. The maximum atomic E-state index is 10.1. The second kappa shape index (κ2) is 3.49. The molecule has 0 amide bonds. The summed E-state index contributed by atoms with van der Waals surface area (Å²) in [6, 6.07) is 8.41. The van der Waals surface area contributed by atoms with E-state index in [0.29, 0.717) is 11.1 Å². The van der Waals surface area contributed by atoms with E-state index in [1.807, 2.05) is 6.07 Å². The molecule has 0 N–H and O–H groups in total. The number of nitro groups is 1. The second-order valence-electron chi connectivity index (χ2n) is 2.26. The molecule has 0 heterocycles. The van der Waals surface area contributed by atoms with Crippen LogP contribution in [0.15, 0.2) is 24.3 Å². The summed E-state index contributed by atoms with van der Waals surface area (Å²) in [5, 5.41) is 18.7. The summed E-state index contributed by atoms with van der Waals surface area (Å²) in [4.78, 5) is 9.68. The van der Waals surface area contributed by atoms with Gasteiger partial charge in [-0.25, -0.2) is 0 Å². The highest BCUT2D eigenvalue weighted by molar-refractivity contribution is 5.36. The number of benzene rings is 1. The number of nitriles is 1. The Morgan fingerprint density at radius 1 is 1.50 bits per heavy atom. The van der Waals surface area contributed by atoms with Gasteiger partial charge in [-0.1, -0.05) is 18.2 Å². The Balaban J connectivity index is 2.99. The van der Waals surface area contributed by atoms with Crippen LogP contribution in [0.3, 0.4) is 0 Å². The Bertz CT molecular complexity index is 341. The first kappa shape index (κ1) is 8.21. The maximum absolute atomic E-state index is 10.1. The second-order valence-corrected chi connectivity index (χ2v) is 2.26. The molecule has 0 spiro atoms. The van der Waals surface area contributed by atoms with Gasteiger partial charge in [0.05, 0.1) is 11.6 Å². The van der Waals surface area contributed by atoms with Crippen molar-refractivity contribution in [2.75, 3.05) is 0 Å². The summed E-state index contributed by atoms with van der Waals surface area (Å²) in [7, 11) is 0. The highest BCUT2D eigenvalue weighted by Gasteiger charge is 2.05. The van der Waals surface area contributed by atoms with Gasteiger partial charge in [0.15, 0.2) is 0 Å². The van der Waals surface area contributed by atoms with Crippen molar-refractivity contribution in [3.05, 3.63) is 45.5 Å². The molecule has 1 rings (SSSR count). The van der Waals surface area contributed by atoms with Gasteiger partial charge in [-0.05, 0) is 6.07 Å². The predicted octanol–water partition coefficient (Wildman–Crippen LogP) is 1.33. The van der Waals surface area contributed by atoms with Gasteiger partial charge in [0.2, 0.25) is 6.54 Å². The molecule has 0 bridgehead atoms. The molecule has 0 saturated carbocycles. The van der Waals surface area contributed by atoms with Gasteiger partial charge in [0.25, 0.3) is 0 Å². The summed E-state index contributed by atoms with van der Waals surface area (Å²) in [5.41, 5.74) is 0.833. The lowest BCUT2D eigenvalue weighted by Crippen LogP contribution is -2.00. The molecular formula is C8H6N2O2. The molecule has 0 radical (unpaired) electrons. The fourth-order valence-corrected chi connectivity index (χ4v) is 0.906. The van der Waals surface area contributed by atoms with Crippen molar-refractivity contribution in [1.29, 1.82) is 5.26 Å². The van der Waals surface area contributed by atoms with E-state index < -0.39 is 4.92 Å². The minimum atomic E-state index is -0.448. The van der Waals surface area contributed by atoms with Crippen molar-refractivity contribution in [2.24, 2.45) is 0 Å². The fourth-order valence-electron chi connectivity index (χ4n) is 0.906. The van der Waals surface area contributed by atoms with Gasteiger partial charge >= 0.3 is 0 Å². The number of hydrogen-bond acceptors (Lipinski definition) is 3. The first-order valence-electron chi connectivity index (χ1n) is 3.34. The van der Waals surface area contributed by atoms with Crippen LogP contribution in [0.4, 0.5) is 0 Å². The van der Waals surface area contributed by atoms with E-state index in [1.54, 1.807) is 24.3 Å². The van der Waals surface area contributed by atoms with Crippen molar-refractivity contribution >= 4 is 0 Å². The van der Waals surface area contributed by atoms with Crippen LogP contribution < -0.4 is 0 Å². The van der Waals surface area contributed by atoms with Crippen LogP contribution in [-0.2, 0) is 6.54 Å². The van der Waals surface area contributed by atoms with Crippen molar-refractivity contribution < 1.29 is 4.92 Å². The van der Waals surface area contributed by atoms with E-state index >= 15 is 0 Å². The average molecular weight is 162 g/mol. The molecule has 0 aliphatic rings. The molecule has 60 valence electrons. The molecule has 1 aromatic carbocycles. The van der Waals surface area contributed by atoms with Crippen LogP contribution >= 0.6 is 0 Å². The predicted molar refractivity (Wildman–Crippen MR) is 41.9 cm³/mol. The molecule has 0 aliphatic carbocycles. The molecule has 4 nitrogen and oxygen atoms in total. The zero-order valence-electron chi connectivity index (χ0n) is 6.23. The SMILES string of the molecule is N#Cc1ccccc1C[N+](=O)[O-]. The topological polar surface area (TPSA) is 66.9 Å². The summed E-state index contributed by atoms with van der Waals surface area (Å²) >= 11 is 0. The van der Waals surface area contributed by atoms with E-state index in [0.717, 1.165) is 0 Å². The van der Waals surface area contributed by atoms with E-state index in [-0.39, 0.29) is 6.54 Å². The lowest BCUT2D eigenvalue weighted by molar-refractivity contribution is -0.496. The van der Waals surface area contributed by atoms with Crippen LogP contribution in [0.25, 0.3) is 0 Å². The van der Waals surface area contributed by atoms with Crippen molar-refractivity contribution in [3.63, 3.8) is 0 Å². The van der Waals surface area contributed by atoms with Crippen molar-refractivity contribution in [3.8, 4) is 6.07 Å². The van der Waals surface area contributed by atoms with Gasteiger partial charge < -0.3 is 0 Å². The largest absolute Gasteiger partial charge is 0.264 e. The summed E-state index contributed by atoms with van der Waals surface area (Å²) < 4.78 is 0.